The van der Waals surface area contributed by atoms with Crippen molar-refractivity contribution in [2.45, 2.75) is 19.9 Å². The molecule has 1 heterocycles. The van der Waals surface area contributed by atoms with Crippen LogP contribution in [0.25, 0.3) is 0 Å². The summed E-state index contributed by atoms with van der Waals surface area (Å²) >= 11 is 12.0. The zero-order valence-electron chi connectivity index (χ0n) is 10.5. The highest BCUT2D eigenvalue weighted by atomic mass is 35.5. The Hall–Kier alpha value is -1.59. The van der Waals surface area contributed by atoms with Gasteiger partial charge in [-0.25, -0.2) is 0 Å². The Morgan fingerprint density at radius 3 is 2.74 bits per heavy atom. The summed E-state index contributed by atoms with van der Waals surface area (Å²) in [6, 6.07) is 5.39. The molecular weight excluding hydrogens is 285 g/mol. The molecule has 0 aliphatic rings. The van der Waals surface area contributed by atoms with E-state index in [0.717, 1.165) is 0 Å². The minimum absolute atomic E-state index is 0.229. The van der Waals surface area contributed by atoms with Crippen molar-refractivity contribution in [3.63, 3.8) is 0 Å². The molecule has 2 N–H and O–H groups in total. The van der Waals surface area contributed by atoms with Crippen LogP contribution >= 0.6 is 23.2 Å². The fourth-order valence-corrected chi connectivity index (χ4v) is 1.75. The van der Waals surface area contributed by atoms with Gasteiger partial charge in [-0.1, -0.05) is 23.2 Å². The third-order valence-corrected chi connectivity index (χ3v) is 2.73. The molecule has 1 aromatic carbocycles. The van der Waals surface area contributed by atoms with E-state index >= 15 is 0 Å². The second-order valence-corrected chi connectivity index (χ2v) is 5.06. The molecule has 100 valence electrons. The van der Waals surface area contributed by atoms with Crippen LogP contribution in [-0.4, -0.2) is 21.2 Å². The number of aromatic nitrogens is 3. The first kappa shape index (κ1) is 13.8. The average Bonchev–Trinajstić information content (AvgIpc) is 2.33. The zero-order valence-corrected chi connectivity index (χ0v) is 12.0. The Bertz CT molecular complexity index is 574. The molecule has 2 aromatic rings. The van der Waals surface area contributed by atoms with Gasteiger partial charge in [0.2, 0.25) is 5.95 Å². The highest BCUT2D eigenvalue weighted by Crippen LogP contribution is 2.27. The van der Waals surface area contributed by atoms with Gasteiger partial charge in [-0.3, -0.25) is 0 Å². The van der Waals surface area contributed by atoms with Crippen molar-refractivity contribution in [2.75, 3.05) is 10.6 Å². The molecule has 0 saturated heterocycles. The van der Waals surface area contributed by atoms with Gasteiger partial charge in [0.25, 0.3) is 0 Å². The van der Waals surface area contributed by atoms with Crippen molar-refractivity contribution < 1.29 is 0 Å². The lowest BCUT2D eigenvalue weighted by Crippen LogP contribution is -2.13. The molecule has 0 aliphatic carbocycles. The topological polar surface area (TPSA) is 62.7 Å². The van der Waals surface area contributed by atoms with E-state index in [1.165, 1.54) is 6.20 Å². The maximum atomic E-state index is 6.07. The van der Waals surface area contributed by atoms with Gasteiger partial charge in [-0.15, -0.1) is 5.10 Å². The monoisotopic (exact) mass is 297 g/mol. The molecule has 0 bridgehead atoms. The van der Waals surface area contributed by atoms with E-state index in [0.29, 0.717) is 27.5 Å². The van der Waals surface area contributed by atoms with Crippen LogP contribution in [-0.2, 0) is 0 Å². The van der Waals surface area contributed by atoms with Crippen LogP contribution in [0, 0.1) is 0 Å². The molecule has 0 aliphatic heterocycles. The number of anilines is 3. The minimum Gasteiger partial charge on any atom is -0.351 e. The molecule has 0 radical (unpaired) electrons. The molecular formula is C12H13Cl2N5. The number of hydrogen-bond donors (Lipinski definition) is 2. The molecule has 0 amide bonds. The molecule has 2 rings (SSSR count). The predicted molar refractivity (Wildman–Crippen MR) is 78.3 cm³/mol. The third kappa shape index (κ3) is 3.94. The summed E-state index contributed by atoms with van der Waals surface area (Å²) in [5, 5.41) is 15.0. The normalized spacial score (nSPS) is 10.6. The van der Waals surface area contributed by atoms with Crippen LogP contribution in [0.1, 0.15) is 13.8 Å². The van der Waals surface area contributed by atoms with Gasteiger partial charge in [0.1, 0.15) is 0 Å². The van der Waals surface area contributed by atoms with Crippen LogP contribution in [0.2, 0.25) is 10.0 Å². The summed E-state index contributed by atoms with van der Waals surface area (Å²) in [4.78, 5) is 4.28. The van der Waals surface area contributed by atoms with Crippen molar-refractivity contribution in [3.8, 4) is 0 Å². The second kappa shape index (κ2) is 6.04. The molecule has 19 heavy (non-hydrogen) atoms. The number of halogens is 2. The highest BCUT2D eigenvalue weighted by Gasteiger charge is 2.05. The smallest absolute Gasteiger partial charge is 0.244 e. The summed E-state index contributed by atoms with van der Waals surface area (Å²) in [6.07, 6.45) is 1.52. The fraction of sp³-hybridized carbons (Fsp3) is 0.250. The van der Waals surface area contributed by atoms with E-state index in [9.17, 15) is 0 Å². The number of nitrogens with one attached hydrogen (secondary N) is 2. The number of benzene rings is 1. The minimum atomic E-state index is 0.229. The first-order valence-electron chi connectivity index (χ1n) is 5.73. The van der Waals surface area contributed by atoms with Gasteiger partial charge in [-0.05, 0) is 32.0 Å². The Kier molecular flexibility index (Phi) is 4.39. The lowest BCUT2D eigenvalue weighted by atomic mass is 10.3. The summed E-state index contributed by atoms with van der Waals surface area (Å²) in [5.74, 6) is 1.00. The van der Waals surface area contributed by atoms with Crippen LogP contribution in [0.15, 0.2) is 24.4 Å². The predicted octanol–water partition coefficient (Wildman–Crippen LogP) is 3.74. The molecule has 0 spiro atoms. The molecule has 5 nitrogen and oxygen atoms in total. The van der Waals surface area contributed by atoms with Gasteiger partial charge in [0.15, 0.2) is 5.82 Å². The van der Waals surface area contributed by atoms with E-state index in [1.54, 1.807) is 18.2 Å². The van der Waals surface area contributed by atoms with Gasteiger partial charge in [-0.2, -0.15) is 10.1 Å². The van der Waals surface area contributed by atoms with Crippen LogP contribution in [0.5, 0.6) is 0 Å². The summed E-state index contributed by atoms with van der Waals surface area (Å²) in [7, 11) is 0. The molecule has 0 atom stereocenters. The van der Waals surface area contributed by atoms with E-state index in [4.69, 9.17) is 23.2 Å². The fourth-order valence-electron chi connectivity index (χ4n) is 1.41. The summed E-state index contributed by atoms with van der Waals surface area (Å²) in [6.45, 7) is 3.99. The molecule has 7 heteroatoms. The third-order valence-electron chi connectivity index (χ3n) is 2.17. The van der Waals surface area contributed by atoms with E-state index < -0.39 is 0 Å². The van der Waals surface area contributed by atoms with Gasteiger partial charge >= 0.3 is 0 Å². The van der Waals surface area contributed by atoms with Gasteiger partial charge < -0.3 is 10.6 Å². The van der Waals surface area contributed by atoms with Gasteiger partial charge in [0.05, 0.1) is 16.9 Å². The van der Waals surface area contributed by atoms with Crippen LogP contribution in [0.3, 0.4) is 0 Å². The number of hydrogen-bond acceptors (Lipinski definition) is 5. The maximum absolute atomic E-state index is 6.07. The quantitative estimate of drug-likeness (QED) is 0.900. The van der Waals surface area contributed by atoms with Crippen LogP contribution < -0.4 is 10.6 Å². The Morgan fingerprint density at radius 1 is 1.21 bits per heavy atom. The zero-order chi connectivity index (χ0) is 13.8. The van der Waals surface area contributed by atoms with Crippen molar-refractivity contribution in [3.05, 3.63) is 34.4 Å². The van der Waals surface area contributed by atoms with Crippen LogP contribution in [0.4, 0.5) is 17.5 Å². The maximum Gasteiger partial charge on any atom is 0.244 e. The summed E-state index contributed by atoms with van der Waals surface area (Å²) in [5.41, 5.74) is 0.671. The van der Waals surface area contributed by atoms with E-state index in [1.807, 2.05) is 13.8 Å². The lowest BCUT2D eigenvalue weighted by Gasteiger charge is -2.10. The van der Waals surface area contributed by atoms with Crippen molar-refractivity contribution in [1.82, 2.24) is 15.2 Å². The van der Waals surface area contributed by atoms with Crippen molar-refractivity contribution >= 4 is 40.7 Å². The molecule has 0 unspecified atom stereocenters. The Labute approximate surface area is 121 Å². The van der Waals surface area contributed by atoms with Crippen molar-refractivity contribution in [1.29, 1.82) is 0 Å². The van der Waals surface area contributed by atoms with E-state index in [2.05, 4.69) is 25.8 Å². The first-order chi connectivity index (χ1) is 9.04. The highest BCUT2D eigenvalue weighted by molar-refractivity contribution is 6.35. The molecule has 0 saturated carbocycles. The second-order valence-electron chi connectivity index (χ2n) is 4.21. The average molecular weight is 298 g/mol. The Balaban J connectivity index is 2.21. The lowest BCUT2D eigenvalue weighted by molar-refractivity contribution is 0.852. The standard InChI is InChI=1S/C12H13Cl2N5/c1-7(2)16-12-18-11(6-15-19-12)17-10-5-8(13)3-4-9(10)14/h3-7H,1-2H3,(H2,16,17,18,19). The van der Waals surface area contributed by atoms with E-state index in [-0.39, 0.29) is 6.04 Å². The summed E-state index contributed by atoms with van der Waals surface area (Å²) < 4.78 is 0. The first-order valence-corrected chi connectivity index (χ1v) is 6.48. The SMILES string of the molecule is CC(C)Nc1nncc(Nc2cc(Cl)ccc2Cl)n1. The molecule has 0 fully saturated rings. The van der Waals surface area contributed by atoms with Gasteiger partial charge in [0, 0.05) is 11.1 Å². The number of rotatable bonds is 4. The van der Waals surface area contributed by atoms with Crippen molar-refractivity contribution in [2.24, 2.45) is 0 Å². The largest absolute Gasteiger partial charge is 0.351 e. The molecule has 1 aromatic heterocycles. The number of nitrogens with zero attached hydrogens (tertiary/aromatic N) is 3. The Morgan fingerprint density at radius 2 is 2.00 bits per heavy atom.